The van der Waals surface area contributed by atoms with Gasteiger partial charge in [0.2, 0.25) is 11.6 Å². The maximum atomic E-state index is 12.6. The third-order valence-corrected chi connectivity index (χ3v) is 4.69. The van der Waals surface area contributed by atoms with Crippen molar-refractivity contribution in [1.29, 1.82) is 0 Å². The van der Waals surface area contributed by atoms with E-state index in [1.807, 2.05) is 0 Å². The van der Waals surface area contributed by atoms with Crippen LogP contribution in [-0.2, 0) is 9.53 Å². The van der Waals surface area contributed by atoms with E-state index in [0.717, 1.165) is 5.69 Å². The monoisotopic (exact) mass is 379 g/mol. The lowest BCUT2D eigenvalue weighted by Gasteiger charge is -2.21. The van der Waals surface area contributed by atoms with Crippen LogP contribution in [0.25, 0.3) is 0 Å². The molecule has 0 saturated carbocycles. The fourth-order valence-electron chi connectivity index (χ4n) is 3.23. The molecule has 0 fully saturated rings. The number of ether oxygens (including phenoxy) is 1. The average molecular weight is 379 g/mol. The van der Waals surface area contributed by atoms with Crippen molar-refractivity contribution in [1.82, 2.24) is 0 Å². The maximum Gasteiger partial charge on any atom is 0.338 e. The van der Waals surface area contributed by atoms with Gasteiger partial charge in [-0.3, -0.25) is 14.4 Å². The molecule has 0 radical (unpaired) electrons. The van der Waals surface area contributed by atoms with E-state index in [0.29, 0.717) is 37.1 Å². The third-order valence-electron chi connectivity index (χ3n) is 4.69. The lowest BCUT2D eigenvalue weighted by Crippen LogP contribution is -2.37. The molecule has 2 aromatic rings. The molecule has 2 aromatic carbocycles. The fraction of sp³-hybridized carbons (Fsp3) is 0.273. The molecule has 1 aliphatic rings. The van der Waals surface area contributed by atoms with E-state index in [-0.39, 0.29) is 17.3 Å². The molecule has 0 bridgehead atoms. The molecule has 0 amide bonds. The predicted molar refractivity (Wildman–Crippen MR) is 104 cm³/mol. The number of hydrogen-bond donors (Lipinski definition) is 1. The summed E-state index contributed by atoms with van der Waals surface area (Å²) < 4.78 is 4.94. The van der Waals surface area contributed by atoms with Gasteiger partial charge in [0, 0.05) is 23.4 Å². The van der Waals surface area contributed by atoms with Gasteiger partial charge in [0.25, 0.3) is 0 Å². The Hall–Kier alpha value is -3.28. The van der Waals surface area contributed by atoms with Gasteiger partial charge in [-0.1, -0.05) is 24.3 Å². The molecule has 1 atom stereocenters. The van der Waals surface area contributed by atoms with Gasteiger partial charge in [-0.15, -0.1) is 0 Å². The molecule has 0 aliphatic heterocycles. The Bertz CT molecular complexity index is 917. The van der Waals surface area contributed by atoms with Gasteiger partial charge in [-0.2, -0.15) is 0 Å². The molecule has 1 N–H and O–H groups in total. The standard InChI is InChI=1S/C22H21NO5/c1-2-28-22(27)14-9-11-15(12-10-14)23-13-5-8-18-19(24)16-6-3-4-7-17(16)20(25)21(18)26/h3-4,6-7,9-12,18,23H,2,5,8,13H2,1H3. The lowest BCUT2D eigenvalue weighted by atomic mass is 9.79. The SMILES string of the molecule is CCOC(=O)c1ccc(NCCCC2C(=O)C(=O)c3ccccc3C2=O)cc1. The van der Waals surface area contributed by atoms with Crippen LogP contribution in [-0.4, -0.2) is 36.5 Å². The maximum absolute atomic E-state index is 12.6. The number of rotatable bonds is 7. The van der Waals surface area contributed by atoms with Gasteiger partial charge in [0.05, 0.1) is 18.1 Å². The smallest absolute Gasteiger partial charge is 0.338 e. The molecule has 6 nitrogen and oxygen atoms in total. The van der Waals surface area contributed by atoms with E-state index < -0.39 is 17.5 Å². The van der Waals surface area contributed by atoms with E-state index in [2.05, 4.69) is 5.32 Å². The van der Waals surface area contributed by atoms with E-state index in [1.165, 1.54) is 6.07 Å². The van der Waals surface area contributed by atoms with Crippen LogP contribution in [0.15, 0.2) is 48.5 Å². The zero-order valence-electron chi connectivity index (χ0n) is 15.6. The van der Waals surface area contributed by atoms with Gasteiger partial charge < -0.3 is 10.1 Å². The molecule has 0 saturated heterocycles. The van der Waals surface area contributed by atoms with Crippen LogP contribution in [0.5, 0.6) is 0 Å². The number of hydrogen-bond acceptors (Lipinski definition) is 6. The molecule has 6 heteroatoms. The van der Waals surface area contributed by atoms with Crippen molar-refractivity contribution in [3.63, 3.8) is 0 Å². The summed E-state index contributed by atoms with van der Waals surface area (Å²) in [7, 11) is 0. The van der Waals surface area contributed by atoms with Gasteiger partial charge in [0.1, 0.15) is 0 Å². The first-order valence-electron chi connectivity index (χ1n) is 9.25. The Morgan fingerprint density at radius 2 is 1.64 bits per heavy atom. The summed E-state index contributed by atoms with van der Waals surface area (Å²) in [6, 6.07) is 13.3. The van der Waals surface area contributed by atoms with Gasteiger partial charge in [-0.05, 0) is 44.0 Å². The second-order valence-electron chi connectivity index (χ2n) is 6.52. The predicted octanol–water partition coefficient (Wildman–Crippen LogP) is 3.32. The number of benzene rings is 2. The molecule has 144 valence electrons. The number of ketones is 3. The van der Waals surface area contributed by atoms with E-state index in [4.69, 9.17) is 4.74 Å². The average Bonchev–Trinajstić information content (AvgIpc) is 2.72. The molecular formula is C22H21NO5. The van der Waals surface area contributed by atoms with Crippen molar-refractivity contribution >= 4 is 29.0 Å². The zero-order valence-corrected chi connectivity index (χ0v) is 15.6. The van der Waals surface area contributed by atoms with Crippen LogP contribution >= 0.6 is 0 Å². The second-order valence-corrected chi connectivity index (χ2v) is 6.52. The molecular weight excluding hydrogens is 358 g/mol. The summed E-state index contributed by atoms with van der Waals surface area (Å²) in [5.41, 5.74) is 1.83. The fourth-order valence-corrected chi connectivity index (χ4v) is 3.23. The summed E-state index contributed by atoms with van der Waals surface area (Å²) in [4.78, 5) is 48.7. The normalized spacial score (nSPS) is 15.9. The first-order valence-corrected chi connectivity index (χ1v) is 9.25. The quantitative estimate of drug-likeness (QED) is 0.344. The molecule has 0 aromatic heterocycles. The minimum absolute atomic E-state index is 0.202. The summed E-state index contributed by atoms with van der Waals surface area (Å²) in [5, 5.41) is 3.18. The van der Waals surface area contributed by atoms with Gasteiger partial charge in [-0.25, -0.2) is 4.79 Å². The van der Waals surface area contributed by atoms with E-state index >= 15 is 0 Å². The highest BCUT2D eigenvalue weighted by Crippen LogP contribution is 2.26. The minimum Gasteiger partial charge on any atom is -0.462 e. The van der Waals surface area contributed by atoms with Crippen LogP contribution in [0, 0.1) is 5.92 Å². The summed E-state index contributed by atoms with van der Waals surface area (Å²) in [6.45, 7) is 2.61. The number of carbonyl (C=O) groups excluding carboxylic acids is 4. The topological polar surface area (TPSA) is 89.5 Å². The Labute approximate surface area is 162 Å². The summed E-state index contributed by atoms with van der Waals surface area (Å²) in [6.07, 6.45) is 0.864. The number of carbonyl (C=O) groups is 4. The van der Waals surface area contributed by atoms with E-state index in [9.17, 15) is 19.2 Å². The van der Waals surface area contributed by atoms with Gasteiger partial charge in [0.15, 0.2) is 5.78 Å². The first-order chi connectivity index (χ1) is 13.5. The van der Waals surface area contributed by atoms with Crippen LogP contribution in [0.3, 0.4) is 0 Å². The molecule has 1 aliphatic carbocycles. The third kappa shape index (κ3) is 4.01. The molecule has 0 spiro atoms. The van der Waals surface area contributed by atoms with Crippen LogP contribution < -0.4 is 5.32 Å². The van der Waals surface area contributed by atoms with Crippen molar-refractivity contribution in [3.8, 4) is 0 Å². The number of nitrogens with one attached hydrogen (secondary N) is 1. The van der Waals surface area contributed by atoms with Crippen molar-refractivity contribution in [2.24, 2.45) is 5.92 Å². The highest BCUT2D eigenvalue weighted by atomic mass is 16.5. The molecule has 28 heavy (non-hydrogen) atoms. The van der Waals surface area contributed by atoms with Crippen molar-refractivity contribution in [2.75, 3.05) is 18.5 Å². The second kappa shape index (κ2) is 8.61. The lowest BCUT2D eigenvalue weighted by molar-refractivity contribution is -0.117. The van der Waals surface area contributed by atoms with Crippen LogP contribution in [0.1, 0.15) is 50.8 Å². The van der Waals surface area contributed by atoms with Crippen molar-refractivity contribution in [2.45, 2.75) is 19.8 Å². The number of fused-ring (bicyclic) bond motifs is 1. The Balaban J connectivity index is 1.54. The van der Waals surface area contributed by atoms with Crippen molar-refractivity contribution in [3.05, 3.63) is 65.2 Å². The van der Waals surface area contributed by atoms with Crippen molar-refractivity contribution < 1.29 is 23.9 Å². The zero-order chi connectivity index (χ0) is 20.1. The van der Waals surface area contributed by atoms with E-state index in [1.54, 1.807) is 49.4 Å². The minimum atomic E-state index is -0.907. The summed E-state index contributed by atoms with van der Waals surface area (Å²) in [5.74, 6) is -2.76. The highest BCUT2D eigenvalue weighted by molar-refractivity contribution is 6.51. The van der Waals surface area contributed by atoms with Crippen LogP contribution in [0.2, 0.25) is 0 Å². The Morgan fingerprint density at radius 1 is 0.964 bits per heavy atom. The highest BCUT2D eigenvalue weighted by Gasteiger charge is 2.39. The Kier molecular flexibility index (Phi) is 5.99. The summed E-state index contributed by atoms with van der Waals surface area (Å²) >= 11 is 0. The molecule has 1 unspecified atom stereocenters. The van der Waals surface area contributed by atoms with Crippen LogP contribution in [0.4, 0.5) is 5.69 Å². The number of anilines is 1. The Morgan fingerprint density at radius 3 is 2.32 bits per heavy atom. The van der Waals surface area contributed by atoms with Gasteiger partial charge >= 0.3 is 5.97 Å². The number of Topliss-reactive ketones (excluding diaryl/α,β-unsaturated/α-hetero) is 3. The first kappa shape index (κ1) is 19.5. The molecule has 3 rings (SSSR count). The molecule has 0 heterocycles. The largest absolute Gasteiger partial charge is 0.462 e. The number of esters is 1.